The molecule has 0 radical (unpaired) electrons. The van der Waals surface area contributed by atoms with Crippen molar-refractivity contribution in [3.8, 4) is 22.9 Å². The molecule has 0 spiro atoms. The zero-order valence-electron chi connectivity index (χ0n) is 17.8. The van der Waals surface area contributed by atoms with E-state index in [0.717, 1.165) is 34.1 Å². The van der Waals surface area contributed by atoms with Gasteiger partial charge in [-0.1, -0.05) is 69.3 Å². The van der Waals surface area contributed by atoms with Crippen molar-refractivity contribution in [2.24, 2.45) is 7.05 Å². The Labute approximate surface area is 177 Å². The van der Waals surface area contributed by atoms with Crippen LogP contribution in [-0.2, 0) is 12.5 Å². The second-order valence-electron chi connectivity index (χ2n) is 8.23. The molecule has 4 rings (SSSR count). The van der Waals surface area contributed by atoms with Gasteiger partial charge in [-0.05, 0) is 23.6 Å². The smallest absolute Gasteiger partial charge is 0.243 e. The zero-order valence-corrected chi connectivity index (χ0v) is 17.8. The number of anilines is 2. The first-order valence-electron chi connectivity index (χ1n) is 10.0. The number of hydrogen-bond acceptors (Lipinski definition) is 4. The van der Waals surface area contributed by atoms with Gasteiger partial charge in [0.1, 0.15) is 17.3 Å². The molecule has 0 aliphatic carbocycles. The SMILES string of the molecule is Cn1nc(-c2ccccc2)cc1Nc1cccnc1Oc1ccccc1C(C)(C)C. The second-order valence-corrected chi connectivity index (χ2v) is 8.23. The number of ether oxygens (including phenoxy) is 1. The summed E-state index contributed by atoms with van der Waals surface area (Å²) >= 11 is 0. The van der Waals surface area contributed by atoms with E-state index in [9.17, 15) is 0 Å². The molecule has 0 bridgehead atoms. The minimum absolute atomic E-state index is 0.0361. The van der Waals surface area contributed by atoms with Gasteiger partial charge in [-0.25, -0.2) is 4.98 Å². The first kappa shape index (κ1) is 19.7. The van der Waals surface area contributed by atoms with Gasteiger partial charge in [0.15, 0.2) is 0 Å². The number of nitrogens with one attached hydrogen (secondary N) is 1. The fourth-order valence-electron chi connectivity index (χ4n) is 3.32. The van der Waals surface area contributed by atoms with Gasteiger partial charge in [0.2, 0.25) is 5.88 Å². The van der Waals surface area contributed by atoms with Gasteiger partial charge >= 0.3 is 0 Å². The van der Waals surface area contributed by atoms with Crippen LogP contribution in [0.2, 0.25) is 0 Å². The number of nitrogens with zero attached hydrogens (tertiary/aromatic N) is 3. The molecule has 5 heteroatoms. The van der Waals surface area contributed by atoms with Crippen molar-refractivity contribution in [1.82, 2.24) is 14.8 Å². The Balaban J connectivity index is 1.64. The van der Waals surface area contributed by atoms with Crippen LogP contribution in [0.3, 0.4) is 0 Å². The lowest BCUT2D eigenvalue weighted by Crippen LogP contribution is -2.12. The summed E-state index contributed by atoms with van der Waals surface area (Å²) in [6, 6.07) is 24.1. The highest BCUT2D eigenvalue weighted by atomic mass is 16.5. The van der Waals surface area contributed by atoms with E-state index in [1.807, 2.05) is 78.5 Å². The molecule has 0 fully saturated rings. The number of aryl methyl sites for hydroxylation is 1. The molecule has 0 saturated carbocycles. The van der Waals surface area contributed by atoms with E-state index in [-0.39, 0.29) is 5.41 Å². The summed E-state index contributed by atoms with van der Waals surface area (Å²) < 4.78 is 8.09. The van der Waals surface area contributed by atoms with Gasteiger partial charge in [0.05, 0.1) is 5.69 Å². The number of rotatable bonds is 5. The zero-order chi connectivity index (χ0) is 21.1. The Kier molecular flexibility index (Phi) is 5.27. The molecule has 0 saturated heterocycles. The molecule has 0 atom stereocenters. The van der Waals surface area contributed by atoms with E-state index in [4.69, 9.17) is 4.74 Å². The lowest BCUT2D eigenvalue weighted by Gasteiger charge is -2.22. The molecule has 0 amide bonds. The van der Waals surface area contributed by atoms with Crippen LogP contribution in [0.25, 0.3) is 11.3 Å². The largest absolute Gasteiger partial charge is 0.437 e. The van der Waals surface area contributed by atoms with E-state index < -0.39 is 0 Å². The monoisotopic (exact) mass is 398 g/mol. The molecule has 5 nitrogen and oxygen atoms in total. The average Bonchev–Trinajstić information content (AvgIpc) is 3.10. The third-order valence-electron chi connectivity index (χ3n) is 4.88. The number of pyridine rings is 1. The molecule has 1 N–H and O–H groups in total. The van der Waals surface area contributed by atoms with E-state index in [0.29, 0.717) is 5.88 Å². The van der Waals surface area contributed by atoms with Crippen molar-refractivity contribution in [3.05, 3.63) is 84.6 Å². The molecule has 2 heterocycles. The van der Waals surface area contributed by atoms with Crippen molar-refractivity contribution in [2.45, 2.75) is 26.2 Å². The molecule has 152 valence electrons. The Morgan fingerprint density at radius 3 is 2.40 bits per heavy atom. The van der Waals surface area contributed by atoms with Crippen molar-refractivity contribution >= 4 is 11.5 Å². The molecule has 0 aliphatic rings. The van der Waals surface area contributed by atoms with Crippen LogP contribution < -0.4 is 10.1 Å². The summed E-state index contributed by atoms with van der Waals surface area (Å²) in [5.74, 6) is 2.19. The predicted molar refractivity (Wildman–Crippen MR) is 121 cm³/mol. The maximum absolute atomic E-state index is 6.27. The summed E-state index contributed by atoms with van der Waals surface area (Å²) in [5, 5.41) is 8.05. The van der Waals surface area contributed by atoms with Gasteiger partial charge in [0.25, 0.3) is 0 Å². The Bertz CT molecular complexity index is 1140. The molecular weight excluding hydrogens is 372 g/mol. The molecule has 30 heavy (non-hydrogen) atoms. The summed E-state index contributed by atoms with van der Waals surface area (Å²) in [6.07, 6.45) is 1.73. The second kappa shape index (κ2) is 8.03. The number of para-hydroxylation sites is 1. The lowest BCUT2D eigenvalue weighted by molar-refractivity contribution is 0.442. The van der Waals surface area contributed by atoms with Crippen LogP contribution in [0.15, 0.2) is 79.0 Å². The first-order chi connectivity index (χ1) is 14.4. The molecule has 4 aromatic rings. The fourth-order valence-corrected chi connectivity index (χ4v) is 3.32. The number of aromatic nitrogens is 3. The van der Waals surface area contributed by atoms with E-state index in [1.54, 1.807) is 6.20 Å². The average molecular weight is 399 g/mol. The van der Waals surface area contributed by atoms with Crippen molar-refractivity contribution < 1.29 is 4.74 Å². The predicted octanol–water partition coefficient (Wildman–Crippen LogP) is 6.32. The van der Waals surface area contributed by atoms with Gasteiger partial charge < -0.3 is 10.1 Å². The molecule has 0 aliphatic heterocycles. The topological polar surface area (TPSA) is 52.0 Å². The lowest BCUT2D eigenvalue weighted by atomic mass is 9.86. The van der Waals surface area contributed by atoms with Crippen LogP contribution >= 0.6 is 0 Å². The van der Waals surface area contributed by atoms with Crippen LogP contribution in [0.1, 0.15) is 26.3 Å². The minimum atomic E-state index is -0.0361. The Hall–Kier alpha value is -3.60. The molecule has 2 aromatic carbocycles. The number of benzene rings is 2. The maximum atomic E-state index is 6.27. The van der Waals surface area contributed by atoms with Crippen molar-refractivity contribution in [1.29, 1.82) is 0 Å². The highest BCUT2D eigenvalue weighted by molar-refractivity contribution is 5.68. The number of hydrogen-bond donors (Lipinski definition) is 1. The summed E-state index contributed by atoms with van der Waals surface area (Å²) in [4.78, 5) is 4.47. The maximum Gasteiger partial charge on any atom is 0.243 e. The minimum Gasteiger partial charge on any atom is -0.437 e. The summed E-state index contributed by atoms with van der Waals surface area (Å²) in [5.41, 5.74) is 3.86. The van der Waals surface area contributed by atoms with Gasteiger partial charge in [-0.2, -0.15) is 5.10 Å². The van der Waals surface area contributed by atoms with Gasteiger partial charge in [0, 0.05) is 30.4 Å². The summed E-state index contributed by atoms with van der Waals surface area (Å²) in [6.45, 7) is 6.52. The molecule has 2 aromatic heterocycles. The van der Waals surface area contributed by atoms with E-state index >= 15 is 0 Å². The standard InChI is InChI=1S/C25H26N4O/c1-25(2,3)19-13-8-9-15-22(19)30-24-20(14-10-16-26-24)27-23-17-21(28-29(23)4)18-11-6-5-7-12-18/h5-17,27H,1-4H3. The normalized spacial score (nSPS) is 11.3. The van der Waals surface area contributed by atoms with Crippen LogP contribution in [0, 0.1) is 0 Å². The Morgan fingerprint density at radius 1 is 0.900 bits per heavy atom. The van der Waals surface area contributed by atoms with Crippen LogP contribution in [0.4, 0.5) is 11.5 Å². The van der Waals surface area contributed by atoms with E-state index in [2.05, 4.69) is 42.2 Å². The molecular formula is C25H26N4O. The Morgan fingerprint density at radius 2 is 1.63 bits per heavy atom. The first-order valence-corrected chi connectivity index (χ1v) is 10.0. The highest BCUT2D eigenvalue weighted by Crippen LogP contribution is 2.36. The van der Waals surface area contributed by atoms with E-state index in [1.165, 1.54) is 0 Å². The molecule has 0 unspecified atom stereocenters. The third kappa shape index (κ3) is 4.20. The van der Waals surface area contributed by atoms with Gasteiger partial charge in [-0.15, -0.1) is 0 Å². The van der Waals surface area contributed by atoms with Crippen molar-refractivity contribution in [2.75, 3.05) is 5.32 Å². The van der Waals surface area contributed by atoms with Crippen LogP contribution in [0.5, 0.6) is 11.6 Å². The quantitative estimate of drug-likeness (QED) is 0.428. The van der Waals surface area contributed by atoms with Gasteiger partial charge in [-0.3, -0.25) is 4.68 Å². The van der Waals surface area contributed by atoms with Crippen LogP contribution in [-0.4, -0.2) is 14.8 Å². The third-order valence-corrected chi connectivity index (χ3v) is 4.88. The highest BCUT2D eigenvalue weighted by Gasteiger charge is 2.20. The van der Waals surface area contributed by atoms with Crippen molar-refractivity contribution in [3.63, 3.8) is 0 Å². The summed E-state index contributed by atoms with van der Waals surface area (Å²) in [7, 11) is 1.92. The fraction of sp³-hybridized carbons (Fsp3) is 0.200.